The smallest absolute Gasteiger partial charge is 0.287 e. The lowest BCUT2D eigenvalue weighted by Crippen LogP contribution is -2.34. The number of amides is 1. The molecule has 140 valence electrons. The van der Waals surface area contributed by atoms with Crippen LogP contribution in [0.2, 0.25) is 0 Å². The normalized spacial score (nSPS) is 12.3. The van der Waals surface area contributed by atoms with E-state index in [-0.39, 0.29) is 17.2 Å². The van der Waals surface area contributed by atoms with Crippen LogP contribution < -0.4 is 10.7 Å². The molecule has 0 spiro atoms. The number of carbonyl (C=O) groups excluding carboxylic acids is 1. The molecule has 5 heteroatoms. The van der Waals surface area contributed by atoms with Gasteiger partial charge in [0.15, 0.2) is 11.2 Å². The molecule has 1 heterocycles. The van der Waals surface area contributed by atoms with Crippen LogP contribution in [-0.2, 0) is 0 Å². The summed E-state index contributed by atoms with van der Waals surface area (Å²) >= 11 is 0. The molecule has 3 rings (SSSR count). The van der Waals surface area contributed by atoms with Crippen LogP contribution >= 0.6 is 0 Å². The van der Waals surface area contributed by atoms with E-state index in [1.807, 2.05) is 38.9 Å². The number of nitrogens with one attached hydrogen (secondary N) is 1. The lowest BCUT2D eigenvalue weighted by atomic mass is 10.0. The van der Waals surface area contributed by atoms with Gasteiger partial charge in [-0.1, -0.05) is 41.5 Å². The van der Waals surface area contributed by atoms with Gasteiger partial charge in [-0.05, 0) is 45.6 Å². The van der Waals surface area contributed by atoms with Crippen LogP contribution in [0.1, 0.15) is 33.3 Å². The Bertz CT molecular complexity index is 1020. The second-order valence-corrected chi connectivity index (χ2v) is 7.07. The molecule has 27 heavy (non-hydrogen) atoms. The SMILES string of the molecule is Cc1ccc(C(CNC(=O)c2cc(=O)c3cc(C)ccc3o2)N(C)C)cc1. The molecule has 0 aliphatic carbocycles. The Labute approximate surface area is 158 Å². The Morgan fingerprint density at radius 3 is 2.37 bits per heavy atom. The first-order chi connectivity index (χ1) is 12.8. The zero-order valence-corrected chi connectivity index (χ0v) is 16.1. The minimum atomic E-state index is -0.395. The van der Waals surface area contributed by atoms with Crippen molar-refractivity contribution in [3.05, 3.63) is 81.2 Å². The van der Waals surface area contributed by atoms with Crippen molar-refractivity contribution in [3.8, 4) is 0 Å². The van der Waals surface area contributed by atoms with Crippen LogP contribution in [0.3, 0.4) is 0 Å². The van der Waals surface area contributed by atoms with E-state index in [0.717, 1.165) is 11.1 Å². The second kappa shape index (κ2) is 7.76. The van der Waals surface area contributed by atoms with Gasteiger partial charge in [-0.15, -0.1) is 0 Å². The van der Waals surface area contributed by atoms with E-state index in [0.29, 0.717) is 17.5 Å². The number of fused-ring (bicyclic) bond motifs is 1. The van der Waals surface area contributed by atoms with Gasteiger partial charge in [0.1, 0.15) is 5.58 Å². The van der Waals surface area contributed by atoms with Crippen molar-refractivity contribution in [3.63, 3.8) is 0 Å². The quantitative estimate of drug-likeness (QED) is 0.753. The molecule has 0 radical (unpaired) electrons. The van der Waals surface area contributed by atoms with Crippen molar-refractivity contribution in [1.82, 2.24) is 10.2 Å². The molecule has 1 amide bonds. The number of hydrogen-bond acceptors (Lipinski definition) is 4. The Kier molecular flexibility index (Phi) is 5.42. The molecule has 1 N–H and O–H groups in total. The number of rotatable bonds is 5. The van der Waals surface area contributed by atoms with E-state index in [9.17, 15) is 9.59 Å². The van der Waals surface area contributed by atoms with Crippen LogP contribution in [0.5, 0.6) is 0 Å². The molecule has 1 aromatic heterocycles. The van der Waals surface area contributed by atoms with E-state index in [4.69, 9.17) is 4.42 Å². The van der Waals surface area contributed by atoms with Gasteiger partial charge in [-0.2, -0.15) is 0 Å². The summed E-state index contributed by atoms with van der Waals surface area (Å²) in [5.74, 6) is -0.369. The van der Waals surface area contributed by atoms with Gasteiger partial charge < -0.3 is 14.6 Å². The summed E-state index contributed by atoms with van der Waals surface area (Å²) in [4.78, 5) is 26.9. The number of benzene rings is 2. The third kappa shape index (κ3) is 4.26. The molecule has 1 unspecified atom stereocenters. The standard InChI is InChI=1S/C22H24N2O3/c1-14-5-8-16(9-6-14)18(24(3)4)13-23-22(26)21-12-19(25)17-11-15(2)7-10-20(17)27-21/h5-12,18H,13H2,1-4H3,(H,23,26). The number of nitrogens with zero attached hydrogens (tertiary/aromatic N) is 1. The molecule has 0 saturated heterocycles. The largest absolute Gasteiger partial charge is 0.451 e. The van der Waals surface area contributed by atoms with E-state index < -0.39 is 5.91 Å². The van der Waals surface area contributed by atoms with E-state index in [1.54, 1.807) is 12.1 Å². The highest BCUT2D eigenvalue weighted by atomic mass is 16.3. The number of aryl methyl sites for hydroxylation is 2. The van der Waals surface area contributed by atoms with Crippen molar-refractivity contribution in [2.45, 2.75) is 19.9 Å². The molecule has 0 aliphatic heterocycles. The summed E-state index contributed by atoms with van der Waals surface area (Å²) in [5, 5.41) is 3.37. The van der Waals surface area contributed by atoms with Gasteiger partial charge in [0.2, 0.25) is 0 Å². The fraction of sp³-hybridized carbons (Fsp3) is 0.273. The molecule has 3 aromatic rings. The average Bonchev–Trinajstić information content (AvgIpc) is 2.63. The van der Waals surface area contributed by atoms with Gasteiger partial charge in [0.25, 0.3) is 5.91 Å². The van der Waals surface area contributed by atoms with Crippen LogP contribution in [0.15, 0.2) is 57.7 Å². The molecule has 0 bridgehead atoms. The number of likely N-dealkylation sites (N-methyl/N-ethyl adjacent to an activating group) is 1. The van der Waals surface area contributed by atoms with Gasteiger partial charge in [0.05, 0.1) is 11.4 Å². The van der Waals surface area contributed by atoms with E-state index in [2.05, 4.69) is 29.6 Å². The lowest BCUT2D eigenvalue weighted by Gasteiger charge is -2.25. The first-order valence-corrected chi connectivity index (χ1v) is 8.91. The maximum absolute atomic E-state index is 12.6. The Balaban J connectivity index is 1.80. The molecule has 5 nitrogen and oxygen atoms in total. The summed E-state index contributed by atoms with van der Waals surface area (Å²) in [7, 11) is 3.93. The van der Waals surface area contributed by atoms with Gasteiger partial charge >= 0.3 is 0 Å². The minimum Gasteiger partial charge on any atom is -0.451 e. The van der Waals surface area contributed by atoms with Crippen LogP contribution in [-0.4, -0.2) is 31.4 Å². The summed E-state index contributed by atoms with van der Waals surface area (Å²) in [6.45, 7) is 4.36. The van der Waals surface area contributed by atoms with Gasteiger partial charge in [-0.3, -0.25) is 9.59 Å². The summed E-state index contributed by atoms with van der Waals surface area (Å²) in [5.41, 5.74) is 3.47. The molecule has 0 fully saturated rings. The second-order valence-electron chi connectivity index (χ2n) is 7.07. The van der Waals surface area contributed by atoms with Crippen LogP contribution in [0.25, 0.3) is 11.0 Å². The molecular weight excluding hydrogens is 340 g/mol. The Morgan fingerprint density at radius 1 is 1.04 bits per heavy atom. The maximum atomic E-state index is 12.6. The fourth-order valence-corrected chi connectivity index (χ4v) is 3.05. The molecule has 2 aromatic carbocycles. The first kappa shape index (κ1) is 18.9. The highest BCUT2D eigenvalue weighted by Gasteiger charge is 2.18. The molecule has 0 saturated carbocycles. The van der Waals surface area contributed by atoms with Gasteiger partial charge in [0, 0.05) is 12.6 Å². The molecular formula is C22H24N2O3. The van der Waals surface area contributed by atoms with Crippen LogP contribution in [0, 0.1) is 13.8 Å². The predicted octanol–water partition coefficient (Wildman–Crippen LogP) is 3.44. The Hall–Kier alpha value is -2.92. The zero-order valence-electron chi connectivity index (χ0n) is 16.1. The third-order valence-corrected chi connectivity index (χ3v) is 4.65. The minimum absolute atomic E-state index is 0.0179. The van der Waals surface area contributed by atoms with Crippen molar-refractivity contribution in [2.24, 2.45) is 0 Å². The maximum Gasteiger partial charge on any atom is 0.287 e. The zero-order chi connectivity index (χ0) is 19.6. The van der Waals surface area contributed by atoms with Gasteiger partial charge in [-0.25, -0.2) is 0 Å². The highest BCUT2D eigenvalue weighted by molar-refractivity contribution is 5.93. The third-order valence-electron chi connectivity index (χ3n) is 4.65. The van der Waals surface area contributed by atoms with E-state index in [1.165, 1.54) is 11.6 Å². The first-order valence-electron chi connectivity index (χ1n) is 8.91. The van der Waals surface area contributed by atoms with Crippen LogP contribution in [0.4, 0.5) is 0 Å². The summed E-state index contributed by atoms with van der Waals surface area (Å²) in [6, 6.07) is 14.8. The predicted molar refractivity (Wildman–Crippen MR) is 107 cm³/mol. The van der Waals surface area contributed by atoms with E-state index >= 15 is 0 Å². The van der Waals surface area contributed by atoms with Crippen molar-refractivity contribution < 1.29 is 9.21 Å². The lowest BCUT2D eigenvalue weighted by molar-refractivity contribution is 0.0914. The highest BCUT2D eigenvalue weighted by Crippen LogP contribution is 2.18. The molecule has 1 atom stereocenters. The number of hydrogen-bond donors (Lipinski definition) is 1. The summed E-state index contributed by atoms with van der Waals surface area (Å²) < 4.78 is 5.65. The van der Waals surface area contributed by atoms with Crippen molar-refractivity contribution in [1.29, 1.82) is 0 Å². The number of carbonyl (C=O) groups is 1. The fourth-order valence-electron chi connectivity index (χ4n) is 3.05. The van der Waals surface area contributed by atoms with Crippen molar-refractivity contribution in [2.75, 3.05) is 20.6 Å². The molecule has 0 aliphatic rings. The monoisotopic (exact) mass is 364 g/mol. The average molecular weight is 364 g/mol. The summed E-state index contributed by atoms with van der Waals surface area (Å²) in [6.07, 6.45) is 0. The van der Waals surface area contributed by atoms with Crippen molar-refractivity contribution >= 4 is 16.9 Å². The Morgan fingerprint density at radius 2 is 1.70 bits per heavy atom. The topological polar surface area (TPSA) is 62.6 Å².